The second-order valence-corrected chi connectivity index (χ2v) is 5.67. The molecule has 0 bridgehead atoms. The fourth-order valence-electron chi connectivity index (χ4n) is 1.86. The smallest absolute Gasteiger partial charge is 0.292 e. The Balaban J connectivity index is 2.21. The van der Waals surface area contributed by atoms with Gasteiger partial charge in [0.25, 0.3) is 5.69 Å². The van der Waals surface area contributed by atoms with Crippen LogP contribution in [0, 0.1) is 29.8 Å². The number of rotatable bonds is 4. The van der Waals surface area contributed by atoms with E-state index in [1.807, 2.05) is 19.9 Å². The number of hydrogen-bond donors (Lipinski definition) is 1. The molecule has 0 aliphatic carbocycles. The molecular weight excluding hydrogens is 267 g/mol. The zero-order chi connectivity index (χ0) is 14.0. The molecule has 19 heavy (non-hydrogen) atoms. The Bertz CT molecular complexity index is 625. The van der Waals surface area contributed by atoms with E-state index in [1.165, 1.54) is 10.9 Å². The van der Waals surface area contributed by atoms with Gasteiger partial charge in [-0.05, 0) is 31.5 Å². The molecule has 100 valence electrons. The van der Waals surface area contributed by atoms with Crippen LogP contribution in [0.1, 0.15) is 15.3 Å². The van der Waals surface area contributed by atoms with Gasteiger partial charge in [-0.15, -0.1) is 11.3 Å². The third kappa shape index (κ3) is 3.08. The third-order valence-corrected chi connectivity index (χ3v) is 3.78. The molecule has 0 spiro atoms. The van der Waals surface area contributed by atoms with Crippen molar-refractivity contribution < 1.29 is 9.31 Å². The van der Waals surface area contributed by atoms with Gasteiger partial charge in [0, 0.05) is 28.4 Å². The molecule has 0 saturated carbocycles. The fourth-order valence-corrected chi connectivity index (χ4v) is 2.80. The van der Waals surface area contributed by atoms with Gasteiger partial charge in [-0.3, -0.25) is 10.1 Å². The molecule has 1 heterocycles. The van der Waals surface area contributed by atoms with Crippen molar-refractivity contribution in [1.29, 1.82) is 0 Å². The van der Waals surface area contributed by atoms with E-state index in [4.69, 9.17) is 0 Å². The van der Waals surface area contributed by atoms with Crippen molar-refractivity contribution in [2.75, 3.05) is 5.32 Å². The minimum atomic E-state index is -0.520. The predicted molar refractivity (Wildman–Crippen MR) is 74.2 cm³/mol. The molecule has 1 N–H and O–H groups in total. The molecule has 0 saturated heterocycles. The van der Waals surface area contributed by atoms with Crippen LogP contribution in [0.15, 0.2) is 24.3 Å². The average Bonchev–Trinajstić information content (AvgIpc) is 2.65. The number of aryl methyl sites for hydroxylation is 2. The quantitative estimate of drug-likeness (QED) is 0.679. The van der Waals surface area contributed by atoms with Crippen LogP contribution in [-0.4, -0.2) is 4.92 Å². The summed E-state index contributed by atoms with van der Waals surface area (Å²) in [5, 5.41) is 13.8. The molecule has 6 heteroatoms. The number of nitro benzene ring substituents is 1. The Morgan fingerprint density at radius 3 is 2.68 bits per heavy atom. The monoisotopic (exact) mass is 280 g/mol. The highest BCUT2D eigenvalue weighted by Crippen LogP contribution is 2.27. The molecule has 1 aromatic heterocycles. The molecule has 0 unspecified atom stereocenters. The lowest BCUT2D eigenvalue weighted by Crippen LogP contribution is -2.03. The Morgan fingerprint density at radius 2 is 2.11 bits per heavy atom. The largest absolute Gasteiger partial charge is 0.375 e. The SMILES string of the molecule is Cc1cc(CNc2cc(F)ccc2[N+](=O)[O-])c(C)s1. The number of thiophene rings is 1. The van der Waals surface area contributed by atoms with E-state index in [2.05, 4.69) is 5.32 Å². The summed E-state index contributed by atoms with van der Waals surface area (Å²) in [6.45, 7) is 4.45. The minimum absolute atomic E-state index is 0.119. The van der Waals surface area contributed by atoms with Crippen molar-refractivity contribution in [2.24, 2.45) is 0 Å². The first-order valence-corrected chi connectivity index (χ1v) is 6.52. The molecule has 0 atom stereocenters. The van der Waals surface area contributed by atoms with E-state index in [9.17, 15) is 14.5 Å². The fraction of sp³-hybridized carbons (Fsp3) is 0.231. The Morgan fingerprint density at radius 1 is 1.37 bits per heavy atom. The maximum Gasteiger partial charge on any atom is 0.292 e. The van der Waals surface area contributed by atoms with Crippen molar-refractivity contribution in [2.45, 2.75) is 20.4 Å². The Labute approximate surface area is 114 Å². The molecule has 2 aromatic rings. The van der Waals surface area contributed by atoms with E-state index in [1.54, 1.807) is 11.3 Å². The number of benzene rings is 1. The van der Waals surface area contributed by atoms with Gasteiger partial charge in [0.15, 0.2) is 0 Å². The van der Waals surface area contributed by atoms with E-state index in [-0.39, 0.29) is 11.4 Å². The van der Waals surface area contributed by atoms with E-state index < -0.39 is 10.7 Å². The van der Waals surface area contributed by atoms with Crippen molar-refractivity contribution in [3.05, 3.63) is 55.5 Å². The second kappa shape index (κ2) is 5.36. The van der Waals surface area contributed by atoms with E-state index in [0.29, 0.717) is 6.54 Å². The maximum absolute atomic E-state index is 13.2. The highest BCUT2D eigenvalue weighted by Gasteiger charge is 2.14. The summed E-state index contributed by atoms with van der Waals surface area (Å²) in [5.74, 6) is -0.494. The molecule has 0 aliphatic heterocycles. The van der Waals surface area contributed by atoms with Crippen LogP contribution in [-0.2, 0) is 6.54 Å². The van der Waals surface area contributed by atoms with Crippen LogP contribution >= 0.6 is 11.3 Å². The molecule has 0 radical (unpaired) electrons. The first-order chi connectivity index (χ1) is 8.97. The topological polar surface area (TPSA) is 55.2 Å². The van der Waals surface area contributed by atoms with Gasteiger partial charge in [0.2, 0.25) is 0 Å². The van der Waals surface area contributed by atoms with Crippen LogP contribution in [0.3, 0.4) is 0 Å². The molecular formula is C13H13FN2O2S. The number of halogens is 1. The lowest BCUT2D eigenvalue weighted by atomic mass is 10.2. The maximum atomic E-state index is 13.2. The van der Waals surface area contributed by atoms with E-state index >= 15 is 0 Å². The summed E-state index contributed by atoms with van der Waals surface area (Å²) < 4.78 is 13.2. The summed E-state index contributed by atoms with van der Waals surface area (Å²) in [6, 6.07) is 5.43. The molecule has 0 amide bonds. The zero-order valence-electron chi connectivity index (χ0n) is 10.6. The molecule has 4 nitrogen and oxygen atoms in total. The summed E-state index contributed by atoms with van der Waals surface area (Å²) >= 11 is 1.67. The van der Waals surface area contributed by atoms with Gasteiger partial charge in [-0.25, -0.2) is 4.39 Å². The van der Waals surface area contributed by atoms with Gasteiger partial charge >= 0.3 is 0 Å². The van der Waals surface area contributed by atoms with Gasteiger partial charge in [-0.2, -0.15) is 0 Å². The highest BCUT2D eigenvalue weighted by molar-refractivity contribution is 7.12. The van der Waals surface area contributed by atoms with Gasteiger partial charge in [-0.1, -0.05) is 0 Å². The first-order valence-electron chi connectivity index (χ1n) is 5.71. The number of hydrogen-bond acceptors (Lipinski definition) is 4. The number of nitro groups is 1. The zero-order valence-corrected chi connectivity index (χ0v) is 11.4. The molecule has 0 aliphatic rings. The van der Waals surface area contributed by atoms with E-state index in [0.717, 1.165) is 22.6 Å². The molecule has 1 aromatic carbocycles. The number of nitrogens with one attached hydrogen (secondary N) is 1. The Hall–Kier alpha value is -1.95. The van der Waals surface area contributed by atoms with Crippen LogP contribution in [0.25, 0.3) is 0 Å². The molecule has 2 rings (SSSR count). The lowest BCUT2D eigenvalue weighted by molar-refractivity contribution is -0.384. The van der Waals surface area contributed by atoms with Crippen LogP contribution in [0.5, 0.6) is 0 Å². The average molecular weight is 280 g/mol. The van der Waals surface area contributed by atoms with Crippen LogP contribution < -0.4 is 5.32 Å². The third-order valence-electron chi connectivity index (χ3n) is 2.77. The Kier molecular flexibility index (Phi) is 3.80. The number of anilines is 1. The summed E-state index contributed by atoms with van der Waals surface area (Å²) in [4.78, 5) is 12.7. The number of nitrogens with zero attached hydrogens (tertiary/aromatic N) is 1. The van der Waals surface area contributed by atoms with Gasteiger partial charge < -0.3 is 5.32 Å². The standard InChI is InChI=1S/C13H13FN2O2S/c1-8-5-10(9(2)19-8)7-15-12-6-11(14)3-4-13(12)16(17)18/h3-6,15H,7H2,1-2H3. The minimum Gasteiger partial charge on any atom is -0.375 e. The van der Waals surface area contributed by atoms with Crippen molar-refractivity contribution >= 4 is 22.7 Å². The highest BCUT2D eigenvalue weighted by atomic mass is 32.1. The van der Waals surface area contributed by atoms with Crippen LogP contribution in [0.2, 0.25) is 0 Å². The molecule has 0 fully saturated rings. The van der Waals surface area contributed by atoms with Gasteiger partial charge in [0.1, 0.15) is 11.5 Å². The van der Waals surface area contributed by atoms with Crippen LogP contribution in [0.4, 0.5) is 15.8 Å². The first kappa shape index (κ1) is 13.5. The lowest BCUT2D eigenvalue weighted by Gasteiger charge is -2.07. The van der Waals surface area contributed by atoms with Crippen molar-refractivity contribution in [3.63, 3.8) is 0 Å². The van der Waals surface area contributed by atoms with Crippen molar-refractivity contribution in [1.82, 2.24) is 0 Å². The summed E-state index contributed by atoms with van der Waals surface area (Å²) in [5.41, 5.74) is 1.15. The normalized spacial score (nSPS) is 10.5. The van der Waals surface area contributed by atoms with Crippen molar-refractivity contribution in [3.8, 4) is 0 Å². The van der Waals surface area contributed by atoms with Gasteiger partial charge in [0.05, 0.1) is 4.92 Å². The summed E-state index contributed by atoms with van der Waals surface area (Å²) in [7, 11) is 0. The second-order valence-electron chi connectivity index (χ2n) is 4.21. The predicted octanol–water partition coefficient (Wildman–Crippen LogP) is 4.02. The summed E-state index contributed by atoms with van der Waals surface area (Å²) in [6.07, 6.45) is 0.